The van der Waals surface area contributed by atoms with Crippen LogP contribution < -0.4 is 14.8 Å². The fourth-order valence-corrected chi connectivity index (χ4v) is 8.09. The van der Waals surface area contributed by atoms with Crippen molar-refractivity contribution in [2.75, 3.05) is 25.6 Å². The molecule has 0 radical (unpaired) electrons. The number of thiophene rings is 1. The Bertz CT molecular complexity index is 1730. The van der Waals surface area contributed by atoms with Crippen molar-refractivity contribution in [1.29, 1.82) is 0 Å². The maximum atomic E-state index is 13.2. The van der Waals surface area contributed by atoms with Crippen molar-refractivity contribution in [1.82, 2.24) is 4.90 Å². The number of amides is 3. The van der Waals surface area contributed by atoms with Crippen LogP contribution in [-0.2, 0) is 33.8 Å². The number of carbonyl (C=O) groups excluding carboxylic acids is 4. The average Bonchev–Trinajstić information content (AvgIpc) is 3.48. The normalized spacial score (nSPS) is 15.3. The second-order valence-electron chi connectivity index (χ2n) is 10.0. The van der Waals surface area contributed by atoms with Gasteiger partial charge in [0.2, 0.25) is 5.91 Å². The van der Waals surface area contributed by atoms with Crippen LogP contribution in [0.1, 0.15) is 51.7 Å². The Hall–Kier alpha value is -3.03. The Morgan fingerprint density at radius 2 is 1.91 bits per heavy atom. The molecule has 9 nitrogen and oxygen atoms in total. The van der Waals surface area contributed by atoms with Crippen LogP contribution in [0.3, 0.4) is 0 Å². The summed E-state index contributed by atoms with van der Waals surface area (Å²) in [5.74, 6) is -0.884. The molecule has 1 N–H and O–H groups in total. The first-order valence-corrected chi connectivity index (χ1v) is 17.1. The summed E-state index contributed by atoms with van der Waals surface area (Å²) in [5, 5.41) is 3.53. The lowest BCUT2D eigenvalue weighted by molar-refractivity contribution is -0.127. The number of nitrogens with one attached hydrogen (secondary N) is 1. The molecule has 0 spiro atoms. The van der Waals surface area contributed by atoms with Crippen LogP contribution in [0, 0.1) is 0 Å². The van der Waals surface area contributed by atoms with Gasteiger partial charge < -0.3 is 19.5 Å². The lowest BCUT2D eigenvalue weighted by Crippen LogP contribution is -2.36. The summed E-state index contributed by atoms with van der Waals surface area (Å²) in [5.41, 5.74) is 2.56. The second kappa shape index (κ2) is 14.6. The number of imide groups is 1. The van der Waals surface area contributed by atoms with Crippen LogP contribution in [0.4, 0.5) is 9.80 Å². The van der Waals surface area contributed by atoms with Gasteiger partial charge in [0.25, 0.3) is 11.1 Å². The van der Waals surface area contributed by atoms with E-state index in [1.165, 1.54) is 18.4 Å². The van der Waals surface area contributed by atoms with Gasteiger partial charge in [-0.1, -0.05) is 29.3 Å². The standard InChI is InChI=1S/C31H27BrCl2N2O7S2/c1-3-42-30(39)26-19-6-4-5-7-23(19)44-28(26)35-25(37)14-36-29(38)24(45-31(36)40)12-16-10-20(32)27(22(11-16)41-2)43-15-17-8-9-18(33)13-21(17)34/h8-13H,3-7,14-15H2,1-2H3,(H,35,37). The Labute approximate surface area is 286 Å². The minimum absolute atomic E-state index is 0.141. The quantitative estimate of drug-likeness (QED) is 0.163. The van der Waals surface area contributed by atoms with E-state index in [1.807, 2.05) is 0 Å². The van der Waals surface area contributed by atoms with Crippen molar-refractivity contribution in [2.24, 2.45) is 0 Å². The summed E-state index contributed by atoms with van der Waals surface area (Å²) in [7, 11) is 1.48. The largest absolute Gasteiger partial charge is 0.493 e. The number of aryl methyl sites for hydroxylation is 1. The van der Waals surface area contributed by atoms with Gasteiger partial charge in [-0.3, -0.25) is 19.3 Å². The van der Waals surface area contributed by atoms with Gasteiger partial charge in [0.1, 0.15) is 18.2 Å². The molecule has 1 aromatic heterocycles. The number of esters is 1. The summed E-state index contributed by atoms with van der Waals surface area (Å²) >= 11 is 17.8. The summed E-state index contributed by atoms with van der Waals surface area (Å²) < 4.78 is 17.3. The molecule has 1 aliphatic carbocycles. The first-order valence-electron chi connectivity index (χ1n) is 13.9. The smallest absolute Gasteiger partial charge is 0.341 e. The summed E-state index contributed by atoms with van der Waals surface area (Å²) in [6.45, 7) is 1.58. The number of rotatable bonds is 10. The topological polar surface area (TPSA) is 111 Å². The zero-order valence-electron chi connectivity index (χ0n) is 24.2. The van der Waals surface area contributed by atoms with Crippen molar-refractivity contribution < 1.29 is 33.4 Å². The lowest BCUT2D eigenvalue weighted by atomic mass is 9.95. The third-order valence-electron chi connectivity index (χ3n) is 7.02. The Morgan fingerprint density at radius 3 is 2.64 bits per heavy atom. The van der Waals surface area contributed by atoms with Crippen molar-refractivity contribution in [2.45, 2.75) is 39.2 Å². The molecule has 2 heterocycles. The van der Waals surface area contributed by atoms with Crippen LogP contribution in [-0.4, -0.2) is 48.2 Å². The molecular weight excluding hydrogens is 727 g/mol. The SMILES string of the molecule is CCOC(=O)c1c(NC(=O)CN2C(=O)SC(=Cc3cc(Br)c(OCc4ccc(Cl)cc4Cl)c(OC)c3)C2=O)sc2c1CCCC2. The summed E-state index contributed by atoms with van der Waals surface area (Å²) in [4.78, 5) is 53.9. The molecule has 0 bridgehead atoms. The van der Waals surface area contributed by atoms with Gasteiger partial charge in [-0.05, 0) is 102 Å². The average molecular weight is 755 g/mol. The molecular formula is C31H27BrCl2N2O7S2. The number of benzene rings is 2. The monoisotopic (exact) mass is 752 g/mol. The number of carbonyl (C=O) groups is 4. The number of halogens is 3. The van der Waals surface area contributed by atoms with Crippen molar-refractivity contribution in [3.8, 4) is 11.5 Å². The molecule has 14 heteroatoms. The number of anilines is 1. The minimum Gasteiger partial charge on any atom is -0.493 e. The maximum Gasteiger partial charge on any atom is 0.341 e. The van der Waals surface area contributed by atoms with Crippen LogP contribution in [0.25, 0.3) is 6.08 Å². The molecule has 3 aromatic rings. The third-order valence-corrected chi connectivity index (χ3v) is 10.3. The highest BCUT2D eigenvalue weighted by molar-refractivity contribution is 9.10. The van der Waals surface area contributed by atoms with Crippen LogP contribution >= 0.6 is 62.2 Å². The van der Waals surface area contributed by atoms with E-state index in [9.17, 15) is 19.2 Å². The van der Waals surface area contributed by atoms with E-state index in [-0.39, 0.29) is 18.1 Å². The molecule has 3 amide bonds. The molecule has 0 atom stereocenters. The molecule has 236 valence electrons. The number of hydrogen-bond donors (Lipinski definition) is 1. The Balaban J connectivity index is 1.29. The zero-order chi connectivity index (χ0) is 32.2. The van der Waals surface area contributed by atoms with E-state index in [0.717, 1.165) is 58.3 Å². The first kappa shape index (κ1) is 33.3. The number of nitrogens with zero attached hydrogens (tertiary/aromatic N) is 1. The van der Waals surface area contributed by atoms with E-state index >= 15 is 0 Å². The number of ether oxygens (including phenoxy) is 3. The Morgan fingerprint density at radius 1 is 1.13 bits per heavy atom. The molecule has 1 fully saturated rings. The van der Waals surface area contributed by atoms with Gasteiger partial charge >= 0.3 is 5.97 Å². The van der Waals surface area contributed by atoms with Gasteiger partial charge in [0.15, 0.2) is 11.5 Å². The highest BCUT2D eigenvalue weighted by Gasteiger charge is 2.37. The number of methoxy groups -OCH3 is 1. The number of hydrogen-bond acceptors (Lipinski definition) is 9. The minimum atomic E-state index is -0.607. The van der Waals surface area contributed by atoms with E-state index < -0.39 is 29.6 Å². The molecule has 1 saturated heterocycles. The van der Waals surface area contributed by atoms with Gasteiger partial charge in [-0.15, -0.1) is 11.3 Å². The number of thioether (sulfide) groups is 1. The fourth-order valence-electron chi connectivity index (χ4n) is 4.92. The van der Waals surface area contributed by atoms with Crippen LogP contribution in [0.5, 0.6) is 11.5 Å². The maximum absolute atomic E-state index is 13.2. The molecule has 2 aromatic carbocycles. The predicted octanol–water partition coefficient (Wildman–Crippen LogP) is 8.14. The van der Waals surface area contributed by atoms with Crippen molar-refractivity contribution in [3.63, 3.8) is 0 Å². The first-order chi connectivity index (χ1) is 21.6. The van der Waals surface area contributed by atoms with Crippen LogP contribution in [0.15, 0.2) is 39.7 Å². The molecule has 45 heavy (non-hydrogen) atoms. The molecule has 1 aliphatic heterocycles. The van der Waals surface area contributed by atoms with Gasteiger partial charge in [0.05, 0.1) is 28.7 Å². The van der Waals surface area contributed by atoms with E-state index in [2.05, 4.69) is 21.2 Å². The highest BCUT2D eigenvalue weighted by Crippen LogP contribution is 2.41. The Kier molecular flexibility index (Phi) is 10.8. The summed E-state index contributed by atoms with van der Waals surface area (Å²) in [6, 6.07) is 8.50. The second-order valence-corrected chi connectivity index (χ2v) is 13.8. The molecule has 0 saturated carbocycles. The van der Waals surface area contributed by atoms with E-state index in [1.54, 1.807) is 43.3 Å². The van der Waals surface area contributed by atoms with Crippen molar-refractivity contribution in [3.05, 3.63) is 76.9 Å². The lowest BCUT2D eigenvalue weighted by Gasteiger charge is -2.14. The number of fused-ring (bicyclic) bond motifs is 1. The predicted molar refractivity (Wildman–Crippen MR) is 180 cm³/mol. The van der Waals surface area contributed by atoms with Crippen molar-refractivity contribution >= 4 is 96.3 Å². The van der Waals surface area contributed by atoms with Gasteiger partial charge in [0, 0.05) is 20.5 Å². The van der Waals surface area contributed by atoms with E-state index in [4.69, 9.17) is 37.4 Å². The van der Waals surface area contributed by atoms with E-state index in [0.29, 0.717) is 42.1 Å². The summed E-state index contributed by atoms with van der Waals surface area (Å²) in [6.07, 6.45) is 5.04. The molecule has 0 unspecified atom stereocenters. The van der Waals surface area contributed by atoms with Gasteiger partial charge in [-0.2, -0.15) is 0 Å². The van der Waals surface area contributed by atoms with Crippen LogP contribution in [0.2, 0.25) is 10.0 Å². The third kappa shape index (κ3) is 7.52. The van der Waals surface area contributed by atoms with Gasteiger partial charge in [-0.25, -0.2) is 4.79 Å². The molecule has 2 aliphatic rings. The highest BCUT2D eigenvalue weighted by atomic mass is 79.9. The fraction of sp³-hybridized carbons (Fsp3) is 0.290. The molecule has 5 rings (SSSR count). The zero-order valence-corrected chi connectivity index (χ0v) is 28.9.